The highest BCUT2D eigenvalue weighted by molar-refractivity contribution is 5.07. The molecule has 0 spiro atoms. The Balaban J connectivity index is 1.84. The van der Waals surface area contributed by atoms with Crippen molar-refractivity contribution in [3.63, 3.8) is 0 Å². The highest BCUT2D eigenvalue weighted by atomic mass is 16.3. The zero-order valence-corrected chi connectivity index (χ0v) is 11.9. The summed E-state index contributed by atoms with van der Waals surface area (Å²) in [6.07, 6.45) is 3.95. The Morgan fingerprint density at radius 2 is 2.06 bits per heavy atom. The standard InChI is InChI=1S/C15H26N2O/c1-4-9-17(13-5-6-13)11-15-8-7-14(18-15)10-16-12(2)3/h7-8,12-13,16H,4-6,9-11H2,1-3H3. The second-order valence-electron chi connectivity index (χ2n) is 5.61. The molecule has 1 aromatic rings. The van der Waals surface area contributed by atoms with Gasteiger partial charge in [0.25, 0.3) is 0 Å². The van der Waals surface area contributed by atoms with Crippen molar-refractivity contribution in [3.05, 3.63) is 23.7 Å². The minimum absolute atomic E-state index is 0.501. The number of nitrogens with zero attached hydrogens (tertiary/aromatic N) is 1. The topological polar surface area (TPSA) is 28.4 Å². The zero-order valence-electron chi connectivity index (χ0n) is 11.9. The molecule has 1 saturated carbocycles. The van der Waals surface area contributed by atoms with Crippen LogP contribution in [0, 0.1) is 0 Å². The predicted octanol–water partition coefficient (Wildman–Crippen LogP) is 3.15. The summed E-state index contributed by atoms with van der Waals surface area (Å²) in [4.78, 5) is 2.55. The minimum atomic E-state index is 0.501. The molecule has 0 atom stereocenters. The average molecular weight is 250 g/mol. The van der Waals surface area contributed by atoms with Crippen molar-refractivity contribution in [2.45, 2.75) is 65.2 Å². The number of hydrogen-bond donors (Lipinski definition) is 1. The second-order valence-corrected chi connectivity index (χ2v) is 5.61. The van der Waals surface area contributed by atoms with Crippen LogP contribution in [0.5, 0.6) is 0 Å². The average Bonchev–Trinajstić information content (AvgIpc) is 3.08. The van der Waals surface area contributed by atoms with Crippen LogP contribution in [0.15, 0.2) is 16.5 Å². The Hall–Kier alpha value is -0.800. The van der Waals surface area contributed by atoms with Crippen LogP contribution >= 0.6 is 0 Å². The smallest absolute Gasteiger partial charge is 0.118 e. The number of nitrogens with one attached hydrogen (secondary N) is 1. The van der Waals surface area contributed by atoms with E-state index in [1.54, 1.807) is 0 Å². The highest BCUT2D eigenvalue weighted by Gasteiger charge is 2.28. The number of rotatable bonds is 8. The monoisotopic (exact) mass is 250 g/mol. The van der Waals surface area contributed by atoms with Gasteiger partial charge in [-0.25, -0.2) is 0 Å². The van der Waals surface area contributed by atoms with Gasteiger partial charge in [0, 0.05) is 12.1 Å². The first-order chi connectivity index (χ1) is 8.69. The molecule has 0 aliphatic heterocycles. The fourth-order valence-corrected chi connectivity index (χ4v) is 2.22. The van der Waals surface area contributed by atoms with E-state index < -0.39 is 0 Å². The summed E-state index contributed by atoms with van der Waals surface area (Å²) in [5, 5.41) is 3.38. The predicted molar refractivity (Wildman–Crippen MR) is 74.4 cm³/mol. The fourth-order valence-electron chi connectivity index (χ4n) is 2.22. The van der Waals surface area contributed by atoms with Gasteiger partial charge in [-0.15, -0.1) is 0 Å². The maximum atomic E-state index is 5.88. The Morgan fingerprint density at radius 3 is 2.67 bits per heavy atom. The lowest BCUT2D eigenvalue weighted by atomic mass is 10.3. The van der Waals surface area contributed by atoms with E-state index in [9.17, 15) is 0 Å². The van der Waals surface area contributed by atoms with Gasteiger partial charge in [-0.2, -0.15) is 0 Å². The summed E-state index contributed by atoms with van der Waals surface area (Å²) in [5.41, 5.74) is 0. The van der Waals surface area contributed by atoms with Gasteiger partial charge in [-0.1, -0.05) is 20.8 Å². The van der Waals surface area contributed by atoms with Gasteiger partial charge >= 0.3 is 0 Å². The van der Waals surface area contributed by atoms with Crippen LogP contribution in [0.25, 0.3) is 0 Å². The summed E-state index contributed by atoms with van der Waals surface area (Å²) in [7, 11) is 0. The van der Waals surface area contributed by atoms with E-state index in [1.807, 2.05) is 0 Å². The molecule has 0 radical (unpaired) electrons. The normalized spacial score (nSPS) is 15.8. The van der Waals surface area contributed by atoms with Crippen molar-refractivity contribution in [1.29, 1.82) is 0 Å². The summed E-state index contributed by atoms with van der Waals surface area (Å²) >= 11 is 0. The molecule has 3 nitrogen and oxygen atoms in total. The largest absolute Gasteiger partial charge is 0.463 e. The molecule has 1 aromatic heterocycles. The molecule has 1 fully saturated rings. The van der Waals surface area contributed by atoms with E-state index in [1.165, 1.54) is 25.8 Å². The molecule has 1 heterocycles. The third-order valence-corrected chi connectivity index (χ3v) is 3.33. The molecule has 1 aliphatic carbocycles. The summed E-state index contributed by atoms with van der Waals surface area (Å²) in [5.74, 6) is 2.15. The molecule has 3 heteroatoms. The molecule has 0 unspecified atom stereocenters. The van der Waals surface area contributed by atoms with E-state index in [4.69, 9.17) is 4.42 Å². The minimum Gasteiger partial charge on any atom is -0.463 e. The van der Waals surface area contributed by atoms with Gasteiger partial charge in [-0.05, 0) is 37.9 Å². The molecular formula is C15H26N2O. The van der Waals surface area contributed by atoms with Gasteiger partial charge < -0.3 is 9.73 Å². The van der Waals surface area contributed by atoms with E-state index in [0.29, 0.717) is 6.04 Å². The Morgan fingerprint density at radius 1 is 1.33 bits per heavy atom. The first-order valence-corrected chi connectivity index (χ1v) is 7.24. The summed E-state index contributed by atoms with van der Waals surface area (Å²) in [6.45, 7) is 9.54. The second kappa shape index (κ2) is 6.39. The first kappa shape index (κ1) is 13.6. The van der Waals surface area contributed by atoms with Crippen LogP contribution in [0.1, 0.15) is 51.6 Å². The SMILES string of the molecule is CCCN(Cc1ccc(CNC(C)C)o1)C1CC1. The van der Waals surface area contributed by atoms with E-state index >= 15 is 0 Å². The van der Waals surface area contributed by atoms with Crippen molar-refractivity contribution < 1.29 is 4.42 Å². The number of furan rings is 1. The van der Waals surface area contributed by atoms with Gasteiger partial charge in [-0.3, -0.25) is 4.90 Å². The van der Waals surface area contributed by atoms with Crippen LogP contribution in [0.2, 0.25) is 0 Å². The lowest BCUT2D eigenvalue weighted by Gasteiger charge is -2.19. The zero-order chi connectivity index (χ0) is 13.0. The third-order valence-electron chi connectivity index (χ3n) is 3.33. The van der Waals surface area contributed by atoms with Crippen LogP contribution < -0.4 is 5.32 Å². The molecule has 2 rings (SSSR count). The van der Waals surface area contributed by atoms with Crippen LogP contribution in [0.4, 0.5) is 0 Å². The molecule has 0 aromatic carbocycles. The Bertz CT molecular complexity index is 355. The van der Waals surface area contributed by atoms with E-state index in [2.05, 4.69) is 43.1 Å². The van der Waals surface area contributed by atoms with Crippen LogP contribution in [-0.4, -0.2) is 23.5 Å². The summed E-state index contributed by atoms with van der Waals surface area (Å²) in [6, 6.07) is 5.54. The van der Waals surface area contributed by atoms with Crippen molar-refractivity contribution in [2.24, 2.45) is 0 Å². The summed E-state index contributed by atoms with van der Waals surface area (Å²) < 4.78 is 5.88. The van der Waals surface area contributed by atoms with E-state index in [-0.39, 0.29) is 0 Å². The van der Waals surface area contributed by atoms with Crippen molar-refractivity contribution in [3.8, 4) is 0 Å². The quantitative estimate of drug-likeness (QED) is 0.768. The third kappa shape index (κ3) is 4.14. The Labute approximate surface area is 111 Å². The lowest BCUT2D eigenvalue weighted by molar-refractivity contribution is 0.231. The van der Waals surface area contributed by atoms with Crippen LogP contribution in [-0.2, 0) is 13.1 Å². The van der Waals surface area contributed by atoms with Crippen molar-refractivity contribution in [2.75, 3.05) is 6.54 Å². The molecular weight excluding hydrogens is 224 g/mol. The first-order valence-electron chi connectivity index (χ1n) is 7.24. The molecule has 0 bridgehead atoms. The van der Waals surface area contributed by atoms with Gasteiger partial charge in [0.2, 0.25) is 0 Å². The fraction of sp³-hybridized carbons (Fsp3) is 0.733. The van der Waals surface area contributed by atoms with Crippen molar-refractivity contribution in [1.82, 2.24) is 10.2 Å². The molecule has 1 N–H and O–H groups in total. The maximum Gasteiger partial charge on any atom is 0.118 e. The maximum absolute atomic E-state index is 5.88. The molecule has 1 aliphatic rings. The van der Waals surface area contributed by atoms with Crippen molar-refractivity contribution >= 4 is 0 Å². The highest BCUT2D eigenvalue weighted by Crippen LogP contribution is 2.28. The molecule has 0 amide bonds. The van der Waals surface area contributed by atoms with Gasteiger partial charge in [0.05, 0.1) is 13.1 Å². The Kier molecular flexibility index (Phi) is 4.84. The molecule has 18 heavy (non-hydrogen) atoms. The molecule has 0 saturated heterocycles. The van der Waals surface area contributed by atoms with Gasteiger partial charge in [0.15, 0.2) is 0 Å². The van der Waals surface area contributed by atoms with E-state index in [0.717, 1.165) is 30.7 Å². The number of hydrogen-bond acceptors (Lipinski definition) is 3. The lowest BCUT2D eigenvalue weighted by Crippen LogP contribution is -2.26. The molecule has 102 valence electrons. The van der Waals surface area contributed by atoms with Gasteiger partial charge in [0.1, 0.15) is 11.5 Å². The van der Waals surface area contributed by atoms with Crippen LogP contribution in [0.3, 0.4) is 0 Å².